The van der Waals surface area contributed by atoms with Crippen molar-refractivity contribution in [2.45, 2.75) is 59.0 Å². The predicted octanol–water partition coefficient (Wildman–Crippen LogP) is 2.92. The fraction of sp³-hybridized carbons (Fsp3) is 0.667. The SMILES string of the molecule is CCC(C)(C)c1cc(NCC(=O)OC(C)(C)C)ncn1. The number of carbonyl (C=O) groups excluding carboxylic acids is 1. The minimum atomic E-state index is -0.472. The van der Waals surface area contributed by atoms with Gasteiger partial charge in [0.2, 0.25) is 0 Å². The Balaban J connectivity index is 2.66. The summed E-state index contributed by atoms with van der Waals surface area (Å²) in [6.45, 7) is 12.0. The van der Waals surface area contributed by atoms with Gasteiger partial charge in [0.1, 0.15) is 24.3 Å². The third-order valence-electron chi connectivity index (χ3n) is 3.08. The van der Waals surface area contributed by atoms with E-state index in [1.165, 1.54) is 6.33 Å². The van der Waals surface area contributed by atoms with Crippen molar-refractivity contribution in [3.63, 3.8) is 0 Å². The Morgan fingerprint density at radius 1 is 1.25 bits per heavy atom. The van der Waals surface area contributed by atoms with Gasteiger partial charge in [0.05, 0.1) is 5.69 Å². The van der Waals surface area contributed by atoms with Crippen LogP contribution in [0.5, 0.6) is 0 Å². The topological polar surface area (TPSA) is 64.1 Å². The highest BCUT2D eigenvalue weighted by Gasteiger charge is 2.20. The lowest BCUT2D eigenvalue weighted by molar-refractivity contribution is -0.152. The van der Waals surface area contributed by atoms with Crippen LogP contribution in [0, 0.1) is 0 Å². The molecule has 0 aromatic carbocycles. The Morgan fingerprint density at radius 2 is 1.90 bits per heavy atom. The van der Waals surface area contributed by atoms with Gasteiger partial charge in [0.25, 0.3) is 0 Å². The van der Waals surface area contributed by atoms with E-state index in [1.807, 2.05) is 26.8 Å². The number of nitrogens with one attached hydrogen (secondary N) is 1. The number of nitrogens with zero attached hydrogens (tertiary/aromatic N) is 2. The first-order chi connectivity index (χ1) is 9.14. The van der Waals surface area contributed by atoms with Gasteiger partial charge >= 0.3 is 5.97 Å². The lowest BCUT2D eigenvalue weighted by Gasteiger charge is -2.22. The summed E-state index contributed by atoms with van der Waals surface area (Å²) < 4.78 is 5.23. The van der Waals surface area contributed by atoms with Crippen LogP contribution in [0.1, 0.15) is 53.7 Å². The van der Waals surface area contributed by atoms with Crippen LogP contribution in [0.25, 0.3) is 0 Å². The number of rotatable bonds is 5. The molecule has 0 unspecified atom stereocenters. The van der Waals surface area contributed by atoms with Gasteiger partial charge in [-0.1, -0.05) is 20.8 Å². The lowest BCUT2D eigenvalue weighted by atomic mass is 9.86. The molecule has 0 saturated heterocycles. The van der Waals surface area contributed by atoms with Gasteiger partial charge in [-0.2, -0.15) is 0 Å². The lowest BCUT2D eigenvalue weighted by Crippen LogP contribution is -2.28. The largest absolute Gasteiger partial charge is 0.459 e. The molecule has 0 spiro atoms. The Bertz CT molecular complexity index is 464. The molecule has 0 aliphatic heterocycles. The predicted molar refractivity (Wildman–Crippen MR) is 79.7 cm³/mol. The van der Waals surface area contributed by atoms with Crippen LogP contribution in [-0.4, -0.2) is 28.1 Å². The summed E-state index contributed by atoms with van der Waals surface area (Å²) >= 11 is 0. The van der Waals surface area contributed by atoms with Crippen molar-refractivity contribution in [2.24, 2.45) is 0 Å². The van der Waals surface area contributed by atoms with Gasteiger partial charge in [0, 0.05) is 11.5 Å². The van der Waals surface area contributed by atoms with Crippen molar-refractivity contribution in [1.29, 1.82) is 0 Å². The summed E-state index contributed by atoms with van der Waals surface area (Å²) in [5.74, 6) is 0.342. The van der Waals surface area contributed by atoms with E-state index in [1.54, 1.807) is 0 Å². The van der Waals surface area contributed by atoms with Gasteiger partial charge in [-0.15, -0.1) is 0 Å². The highest BCUT2D eigenvalue weighted by molar-refractivity contribution is 5.74. The molecule has 0 aliphatic rings. The highest BCUT2D eigenvalue weighted by Crippen LogP contribution is 2.25. The van der Waals surface area contributed by atoms with Gasteiger partial charge in [-0.25, -0.2) is 9.97 Å². The zero-order chi connectivity index (χ0) is 15.4. The molecule has 1 heterocycles. The van der Waals surface area contributed by atoms with Crippen LogP contribution in [0.15, 0.2) is 12.4 Å². The molecule has 1 aromatic heterocycles. The molecule has 0 amide bonds. The number of hydrogen-bond acceptors (Lipinski definition) is 5. The van der Waals surface area contributed by atoms with Crippen LogP contribution in [0.2, 0.25) is 0 Å². The van der Waals surface area contributed by atoms with Crippen molar-refractivity contribution in [3.05, 3.63) is 18.1 Å². The van der Waals surface area contributed by atoms with Crippen molar-refractivity contribution in [2.75, 3.05) is 11.9 Å². The summed E-state index contributed by atoms with van der Waals surface area (Å²) in [7, 11) is 0. The number of carbonyl (C=O) groups is 1. The fourth-order valence-corrected chi connectivity index (χ4v) is 1.55. The summed E-state index contributed by atoms with van der Waals surface area (Å²) in [5.41, 5.74) is 0.479. The summed E-state index contributed by atoms with van der Waals surface area (Å²) in [6, 6.07) is 1.88. The average Bonchev–Trinajstić information content (AvgIpc) is 2.35. The molecular weight excluding hydrogens is 254 g/mol. The molecular formula is C15H25N3O2. The maximum absolute atomic E-state index is 11.6. The number of anilines is 1. The normalized spacial score (nSPS) is 12.1. The molecule has 5 nitrogen and oxygen atoms in total. The van der Waals surface area contributed by atoms with Crippen molar-refractivity contribution in [1.82, 2.24) is 9.97 Å². The first-order valence-corrected chi connectivity index (χ1v) is 6.92. The second-order valence-corrected chi connectivity index (χ2v) is 6.47. The van der Waals surface area contributed by atoms with E-state index in [-0.39, 0.29) is 17.9 Å². The molecule has 0 saturated carbocycles. The zero-order valence-electron chi connectivity index (χ0n) is 13.3. The number of hydrogen-bond donors (Lipinski definition) is 1. The summed E-state index contributed by atoms with van der Waals surface area (Å²) in [5, 5.41) is 2.98. The molecule has 1 rings (SSSR count). The molecule has 0 radical (unpaired) electrons. The fourth-order valence-electron chi connectivity index (χ4n) is 1.55. The van der Waals surface area contributed by atoms with Gasteiger partial charge in [-0.3, -0.25) is 4.79 Å². The van der Waals surface area contributed by atoms with E-state index >= 15 is 0 Å². The third-order valence-corrected chi connectivity index (χ3v) is 3.08. The average molecular weight is 279 g/mol. The summed E-state index contributed by atoms with van der Waals surface area (Å²) in [6.07, 6.45) is 2.50. The molecule has 1 aromatic rings. The standard InChI is InChI=1S/C15H25N3O2/c1-7-15(5,6)11-8-12(18-10-17-11)16-9-13(19)20-14(2,3)4/h8,10H,7,9H2,1-6H3,(H,16,17,18). The highest BCUT2D eigenvalue weighted by atomic mass is 16.6. The van der Waals surface area contributed by atoms with Crippen LogP contribution >= 0.6 is 0 Å². The zero-order valence-corrected chi connectivity index (χ0v) is 13.3. The minimum absolute atomic E-state index is 0.00864. The molecule has 0 atom stereocenters. The second kappa shape index (κ2) is 6.20. The Hall–Kier alpha value is -1.65. The molecule has 0 bridgehead atoms. The third kappa shape index (κ3) is 5.15. The van der Waals surface area contributed by atoms with E-state index in [9.17, 15) is 4.79 Å². The van der Waals surface area contributed by atoms with Gasteiger partial charge < -0.3 is 10.1 Å². The molecule has 112 valence electrons. The van der Waals surface area contributed by atoms with Gasteiger partial charge in [-0.05, 0) is 27.2 Å². The van der Waals surface area contributed by atoms with Crippen LogP contribution < -0.4 is 5.32 Å². The van der Waals surface area contributed by atoms with E-state index in [0.29, 0.717) is 5.82 Å². The maximum atomic E-state index is 11.6. The van der Waals surface area contributed by atoms with E-state index in [2.05, 4.69) is 36.1 Å². The monoisotopic (exact) mass is 279 g/mol. The number of esters is 1. The molecule has 0 aliphatic carbocycles. The van der Waals surface area contributed by atoms with Gasteiger partial charge in [0.15, 0.2) is 0 Å². The summed E-state index contributed by atoms with van der Waals surface area (Å²) in [4.78, 5) is 20.1. The van der Waals surface area contributed by atoms with Crippen molar-refractivity contribution >= 4 is 11.8 Å². The van der Waals surface area contributed by atoms with E-state index in [4.69, 9.17) is 4.74 Å². The quantitative estimate of drug-likeness (QED) is 0.840. The van der Waals surface area contributed by atoms with Crippen LogP contribution in [0.4, 0.5) is 5.82 Å². The minimum Gasteiger partial charge on any atom is -0.459 e. The number of aromatic nitrogens is 2. The van der Waals surface area contributed by atoms with Crippen molar-refractivity contribution < 1.29 is 9.53 Å². The molecule has 5 heteroatoms. The van der Waals surface area contributed by atoms with Crippen LogP contribution in [-0.2, 0) is 14.9 Å². The molecule has 0 fully saturated rings. The smallest absolute Gasteiger partial charge is 0.325 e. The molecule has 20 heavy (non-hydrogen) atoms. The molecule has 1 N–H and O–H groups in total. The van der Waals surface area contributed by atoms with E-state index in [0.717, 1.165) is 12.1 Å². The second-order valence-electron chi connectivity index (χ2n) is 6.47. The maximum Gasteiger partial charge on any atom is 0.325 e. The Morgan fingerprint density at radius 3 is 2.45 bits per heavy atom. The van der Waals surface area contributed by atoms with Crippen molar-refractivity contribution in [3.8, 4) is 0 Å². The first-order valence-electron chi connectivity index (χ1n) is 6.92. The Kier molecular flexibility index (Phi) is 5.09. The number of ether oxygens (including phenoxy) is 1. The first kappa shape index (κ1) is 16.4. The van der Waals surface area contributed by atoms with Crippen LogP contribution in [0.3, 0.4) is 0 Å². The van der Waals surface area contributed by atoms with E-state index < -0.39 is 5.60 Å². The Labute approximate surface area is 121 Å².